The summed E-state index contributed by atoms with van der Waals surface area (Å²) >= 11 is 6.15. The minimum Gasteiger partial charge on any atom is -0.456 e. The number of nitrogens with one attached hydrogen (secondary N) is 1. The van der Waals surface area contributed by atoms with Crippen LogP contribution in [0.1, 0.15) is 22.3 Å². The highest BCUT2D eigenvalue weighted by molar-refractivity contribution is 6.32. The van der Waals surface area contributed by atoms with E-state index < -0.39 is 0 Å². The van der Waals surface area contributed by atoms with Crippen molar-refractivity contribution in [2.45, 2.75) is 20.4 Å². The van der Waals surface area contributed by atoms with Gasteiger partial charge in [-0.25, -0.2) is 0 Å². The molecule has 0 bridgehead atoms. The summed E-state index contributed by atoms with van der Waals surface area (Å²) in [6.07, 6.45) is 0. The van der Waals surface area contributed by atoms with E-state index in [9.17, 15) is 5.26 Å². The Bertz CT molecular complexity index is 681. The van der Waals surface area contributed by atoms with Crippen LogP contribution in [-0.2, 0) is 6.54 Å². The van der Waals surface area contributed by atoms with Crippen molar-refractivity contribution in [2.75, 3.05) is 7.05 Å². The Labute approximate surface area is 130 Å². The van der Waals surface area contributed by atoms with Gasteiger partial charge in [-0.05, 0) is 61.9 Å². The van der Waals surface area contributed by atoms with E-state index in [1.54, 1.807) is 0 Å². The van der Waals surface area contributed by atoms with Crippen molar-refractivity contribution in [3.8, 4) is 17.6 Å². The maximum absolute atomic E-state index is 9.27. The summed E-state index contributed by atoms with van der Waals surface area (Å²) in [6.45, 7) is 4.58. The summed E-state index contributed by atoms with van der Waals surface area (Å²) in [7, 11) is 1.87. The van der Waals surface area contributed by atoms with Crippen LogP contribution in [-0.4, -0.2) is 7.05 Å². The summed E-state index contributed by atoms with van der Waals surface area (Å²) < 4.78 is 5.85. The van der Waals surface area contributed by atoms with Crippen LogP contribution in [0.5, 0.6) is 11.5 Å². The third-order valence-corrected chi connectivity index (χ3v) is 3.78. The zero-order valence-corrected chi connectivity index (χ0v) is 13.1. The van der Waals surface area contributed by atoms with Gasteiger partial charge in [-0.15, -0.1) is 0 Å². The van der Waals surface area contributed by atoms with Gasteiger partial charge in [0.05, 0.1) is 5.56 Å². The lowest BCUT2D eigenvalue weighted by Crippen LogP contribution is -2.05. The van der Waals surface area contributed by atoms with Gasteiger partial charge in [-0.1, -0.05) is 17.7 Å². The first-order chi connectivity index (χ1) is 10.0. The van der Waals surface area contributed by atoms with Crippen molar-refractivity contribution >= 4 is 11.6 Å². The lowest BCUT2D eigenvalue weighted by molar-refractivity contribution is 0.480. The molecule has 108 valence electrons. The molecule has 2 aromatic rings. The number of aryl methyl sites for hydroxylation is 2. The molecule has 0 fully saturated rings. The summed E-state index contributed by atoms with van der Waals surface area (Å²) in [5, 5.41) is 13.1. The predicted molar refractivity (Wildman–Crippen MR) is 84.9 cm³/mol. The molecule has 0 unspecified atom stereocenters. The summed E-state index contributed by atoms with van der Waals surface area (Å²) in [5.41, 5.74) is 3.48. The second-order valence-electron chi connectivity index (χ2n) is 4.95. The van der Waals surface area contributed by atoms with E-state index in [0.717, 1.165) is 21.7 Å². The Kier molecular flexibility index (Phi) is 4.85. The molecular weight excluding hydrogens is 284 g/mol. The highest BCUT2D eigenvalue weighted by atomic mass is 35.5. The number of halogens is 1. The van der Waals surface area contributed by atoms with Crippen molar-refractivity contribution in [3.63, 3.8) is 0 Å². The molecule has 0 heterocycles. The maximum atomic E-state index is 9.27. The number of ether oxygens (including phenoxy) is 1. The average molecular weight is 301 g/mol. The highest BCUT2D eigenvalue weighted by Crippen LogP contribution is 2.31. The molecule has 0 aromatic heterocycles. The molecule has 21 heavy (non-hydrogen) atoms. The molecule has 0 atom stereocenters. The molecule has 0 radical (unpaired) electrons. The first-order valence-electron chi connectivity index (χ1n) is 6.67. The van der Waals surface area contributed by atoms with Crippen LogP contribution in [0.25, 0.3) is 0 Å². The molecule has 0 aliphatic carbocycles. The average Bonchev–Trinajstić information content (AvgIpc) is 2.46. The molecule has 4 heteroatoms. The van der Waals surface area contributed by atoms with E-state index in [4.69, 9.17) is 16.3 Å². The minimum atomic E-state index is 0.521. The van der Waals surface area contributed by atoms with Crippen molar-refractivity contribution in [2.24, 2.45) is 0 Å². The van der Waals surface area contributed by atoms with E-state index in [1.807, 2.05) is 51.2 Å². The van der Waals surface area contributed by atoms with Crippen LogP contribution in [0.4, 0.5) is 0 Å². The summed E-state index contributed by atoms with van der Waals surface area (Å²) in [4.78, 5) is 0. The fourth-order valence-corrected chi connectivity index (χ4v) is 2.27. The van der Waals surface area contributed by atoms with Gasteiger partial charge in [-0.3, -0.25) is 0 Å². The van der Waals surface area contributed by atoms with Gasteiger partial charge >= 0.3 is 0 Å². The Morgan fingerprint density at radius 3 is 2.43 bits per heavy atom. The minimum absolute atomic E-state index is 0.521. The van der Waals surface area contributed by atoms with E-state index in [2.05, 4.69) is 11.4 Å². The van der Waals surface area contributed by atoms with E-state index in [0.29, 0.717) is 23.6 Å². The molecule has 1 N–H and O–H groups in total. The molecule has 0 spiro atoms. The van der Waals surface area contributed by atoms with Crippen LogP contribution < -0.4 is 10.1 Å². The van der Waals surface area contributed by atoms with Gasteiger partial charge < -0.3 is 10.1 Å². The van der Waals surface area contributed by atoms with Crippen LogP contribution in [0.2, 0.25) is 5.02 Å². The number of benzene rings is 2. The molecule has 0 saturated heterocycles. The number of nitriles is 1. The second-order valence-corrected chi connectivity index (χ2v) is 5.32. The third-order valence-electron chi connectivity index (χ3n) is 3.18. The van der Waals surface area contributed by atoms with E-state index in [-0.39, 0.29) is 0 Å². The van der Waals surface area contributed by atoms with Gasteiger partial charge in [0, 0.05) is 11.6 Å². The zero-order valence-electron chi connectivity index (χ0n) is 12.3. The monoisotopic (exact) mass is 300 g/mol. The zero-order chi connectivity index (χ0) is 15.4. The first kappa shape index (κ1) is 15.4. The summed E-state index contributed by atoms with van der Waals surface area (Å²) in [6, 6.07) is 11.5. The Balaban J connectivity index is 2.33. The lowest BCUT2D eigenvalue weighted by Gasteiger charge is -2.11. The molecule has 2 rings (SSSR count). The maximum Gasteiger partial charge on any atom is 0.145 e. The highest BCUT2D eigenvalue weighted by Gasteiger charge is 2.08. The van der Waals surface area contributed by atoms with Crippen LogP contribution in [0.15, 0.2) is 30.3 Å². The smallest absolute Gasteiger partial charge is 0.145 e. The van der Waals surface area contributed by atoms with Gasteiger partial charge in [0.1, 0.15) is 17.6 Å². The van der Waals surface area contributed by atoms with Crippen LogP contribution >= 0.6 is 11.6 Å². The van der Waals surface area contributed by atoms with Crippen molar-refractivity contribution in [3.05, 3.63) is 57.6 Å². The van der Waals surface area contributed by atoms with Crippen LogP contribution in [0, 0.1) is 25.2 Å². The lowest BCUT2D eigenvalue weighted by atomic mass is 10.1. The Morgan fingerprint density at radius 2 is 1.86 bits per heavy atom. The SMILES string of the molecule is CNCc1ccc(Oc2cc(C)c(Cl)c(C)c2)c(C#N)c1. The van der Waals surface area contributed by atoms with Crippen LogP contribution in [0.3, 0.4) is 0 Å². The number of hydrogen-bond acceptors (Lipinski definition) is 3. The standard InChI is InChI=1S/C17H17ClN2O/c1-11-6-15(7-12(2)17(11)18)21-16-5-4-13(10-20-3)8-14(16)9-19/h4-8,20H,10H2,1-3H3. The van der Waals surface area contributed by atoms with Gasteiger partial charge in [0.25, 0.3) is 0 Å². The van der Waals surface area contributed by atoms with Gasteiger partial charge in [0.15, 0.2) is 0 Å². The second kappa shape index (κ2) is 6.62. The third kappa shape index (κ3) is 3.55. The summed E-state index contributed by atoms with van der Waals surface area (Å²) in [5.74, 6) is 1.24. The quantitative estimate of drug-likeness (QED) is 0.913. The van der Waals surface area contributed by atoms with Gasteiger partial charge in [0.2, 0.25) is 0 Å². The fourth-order valence-electron chi connectivity index (χ4n) is 2.16. The number of nitrogens with zero attached hydrogens (tertiary/aromatic N) is 1. The van der Waals surface area contributed by atoms with Crippen molar-refractivity contribution in [1.82, 2.24) is 5.32 Å². The molecule has 0 amide bonds. The molecule has 3 nitrogen and oxygen atoms in total. The molecule has 0 aliphatic rings. The Morgan fingerprint density at radius 1 is 1.19 bits per heavy atom. The molecular formula is C17H17ClN2O. The molecule has 0 saturated carbocycles. The topological polar surface area (TPSA) is 45.0 Å². The van der Waals surface area contributed by atoms with E-state index in [1.165, 1.54) is 0 Å². The molecule has 2 aromatic carbocycles. The molecule has 0 aliphatic heterocycles. The normalized spacial score (nSPS) is 10.2. The predicted octanol–water partition coefficient (Wildman–Crippen LogP) is 4.34. The van der Waals surface area contributed by atoms with Crippen molar-refractivity contribution in [1.29, 1.82) is 5.26 Å². The Hall–Kier alpha value is -2.02. The van der Waals surface area contributed by atoms with Crippen molar-refractivity contribution < 1.29 is 4.74 Å². The van der Waals surface area contributed by atoms with E-state index >= 15 is 0 Å². The fraction of sp³-hybridized carbons (Fsp3) is 0.235. The number of hydrogen-bond donors (Lipinski definition) is 1. The number of rotatable bonds is 4. The van der Waals surface area contributed by atoms with Gasteiger partial charge in [-0.2, -0.15) is 5.26 Å². The first-order valence-corrected chi connectivity index (χ1v) is 7.05. The largest absolute Gasteiger partial charge is 0.456 e.